The molecule has 0 aliphatic heterocycles. The molecular weight excluding hydrogens is 368 g/mol. The SMILES string of the molecule is CCc1ccnc(NC(=O)c2nc([C@@H](C)NC(=O)C3C(C)(C)C3(C)C)oc2C)c1. The van der Waals surface area contributed by atoms with Crippen molar-refractivity contribution in [3.63, 3.8) is 0 Å². The molecule has 0 unspecified atom stereocenters. The number of hydrogen-bond acceptors (Lipinski definition) is 5. The number of carbonyl (C=O) groups excluding carboxylic acids is 2. The lowest BCUT2D eigenvalue weighted by Crippen LogP contribution is -2.30. The fourth-order valence-corrected chi connectivity index (χ4v) is 3.96. The van der Waals surface area contributed by atoms with E-state index in [2.05, 4.69) is 48.3 Å². The van der Waals surface area contributed by atoms with Gasteiger partial charge in [0.2, 0.25) is 11.8 Å². The summed E-state index contributed by atoms with van der Waals surface area (Å²) in [7, 11) is 0. The third-order valence-corrected chi connectivity index (χ3v) is 6.51. The van der Waals surface area contributed by atoms with Gasteiger partial charge in [-0.25, -0.2) is 9.97 Å². The van der Waals surface area contributed by atoms with E-state index in [1.165, 1.54) is 0 Å². The topological polar surface area (TPSA) is 97.1 Å². The maximum Gasteiger partial charge on any atom is 0.279 e. The van der Waals surface area contributed by atoms with Crippen LogP contribution in [0.1, 0.15) is 75.3 Å². The molecule has 1 aliphatic carbocycles. The van der Waals surface area contributed by atoms with Crippen LogP contribution in [-0.2, 0) is 11.2 Å². The number of carbonyl (C=O) groups is 2. The van der Waals surface area contributed by atoms with Crippen molar-refractivity contribution < 1.29 is 14.0 Å². The van der Waals surface area contributed by atoms with E-state index in [0.717, 1.165) is 12.0 Å². The van der Waals surface area contributed by atoms with E-state index in [1.54, 1.807) is 20.0 Å². The Labute approximate surface area is 171 Å². The van der Waals surface area contributed by atoms with Crippen LogP contribution < -0.4 is 10.6 Å². The lowest BCUT2D eigenvalue weighted by molar-refractivity contribution is -0.124. The van der Waals surface area contributed by atoms with E-state index in [0.29, 0.717) is 17.5 Å². The highest BCUT2D eigenvalue weighted by Gasteiger charge is 2.68. The average molecular weight is 399 g/mol. The second-order valence-electron chi connectivity index (χ2n) is 8.92. The van der Waals surface area contributed by atoms with Crippen LogP contribution >= 0.6 is 0 Å². The number of aryl methyl sites for hydroxylation is 2. The van der Waals surface area contributed by atoms with Crippen LogP contribution in [0.4, 0.5) is 5.82 Å². The molecular formula is C22H30N4O3. The molecule has 0 saturated heterocycles. The Bertz CT molecular complexity index is 931. The van der Waals surface area contributed by atoms with E-state index in [-0.39, 0.29) is 34.3 Å². The summed E-state index contributed by atoms with van der Waals surface area (Å²) in [4.78, 5) is 33.8. The Kier molecular flexibility index (Phi) is 5.28. The molecule has 156 valence electrons. The molecule has 29 heavy (non-hydrogen) atoms. The molecule has 2 N–H and O–H groups in total. The van der Waals surface area contributed by atoms with Crippen LogP contribution in [0.15, 0.2) is 22.7 Å². The molecule has 0 radical (unpaired) electrons. The predicted molar refractivity (Wildman–Crippen MR) is 110 cm³/mol. The van der Waals surface area contributed by atoms with Crippen molar-refractivity contribution in [2.45, 2.75) is 60.9 Å². The number of rotatable bonds is 6. The Morgan fingerprint density at radius 2 is 1.90 bits per heavy atom. The first-order valence-corrected chi connectivity index (χ1v) is 10.0. The zero-order chi connectivity index (χ0) is 21.6. The Morgan fingerprint density at radius 1 is 1.24 bits per heavy atom. The zero-order valence-corrected chi connectivity index (χ0v) is 18.2. The summed E-state index contributed by atoms with van der Waals surface area (Å²) in [6.07, 6.45) is 2.51. The zero-order valence-electron chi connectivity index (χ0n) is 18.2. The van der Waals surface area contributed by atoms with E-state index >= 15 is 0 Å². The normalized spacial score (nSPS) is 18.2. The van der Waals surface area contributed by atoms with Gasteiger partial charge in [0, 0.05) is 12.1 Å². The van der Waals surface area contributed by atoms with Gasteiger partial charge in [0.1, 0.15) is 17.6 Å². The highest BCUT2D eigenvalue weighted by atomic mass is 16.4. The summed E-state index contributed by atoms with van der Waals surface area (Å²) in [6, 6.07) is 3.30. The number of nitrogens with zero attached hydrogens (tertiary/aromatic N) is 2. The quantitative estimate of drug-likeness (QED) is 0.765. The number of nitrogens with one attached hydrogen (secondary N) is 2. The number of amides is 2. The molecule has 2 amide bonds. The first-order chi connectivity index (χ1) is 13.5. The Morgan fingerprint density at radius 3 is 2.48 bits per heavy atom. The second-order valence-corrected chi connectivity index (χ2v) is 8.92. The van der Waals surface area contributed by atoms with Gasteiger partial charge in [-0.1, -0.05) is 34.6 Å². The summed E-state index contributed by atoms with van der Waals surface area (Å²) in [5.74, 6) is 0.715. The van der Waals surface area contributed by atoms with Crippen molar-refractivity contribution in [1.82, 2.24) is 15.3 Å². The number of pyridine rings is 1. The largest absolute Gasteiger partial charge is 0.443 e. The van der Waals surface area contributed by atoms with Gasteiger partial charge >= 0.3 is 0 Å². The summed E-state index contributed by atoms with van der Waals surface area (Å²) >= 11 is 0. The first-order valence-electron chi connectivity index (χ1n) is 10.0. The number of anilines is 1. The number of hydrogen-bond donors (Lipinski definition) is 2. The van der Waals surface area contributed by atoms with Gasteiger partial charge in [0.05, 0.1) is 0 Å². The van der Waals surface area contributed by atoms with Gasteiger partial charge in [-0.05, 0) is 48.8 Å². The molecule has 0 aromatic carbocycles. The minimum absolute atomic E-state index is 0.0186. The van der Waals surface area contributed by atoms with Gasteiger partial charge in [-0.15, -0.1) is 0 Å². The number of oxazole rings is 1. The van der Waals surface area contributed by atoms with E-state index in [4.69, 9.17) is 4.42 Å². The van der Waals surface area contributed by atoms with Crippen molar-refractivity contribution in [3.05, 3.63) is 41.2 Å². The van der Waals surface area contributed by atoms with E-state index < -0.39 is 6.04 Å². The van der Waals surface area contributed by atoms with Gasteiger partial charge in [-0.3, -0.25) is 9.59 Å². The van der Waals surface area contributed by atoms with Gasteiger partial charge < -0.3 is 15.1 Å². The van der Waals surface area contributed by atoms with Crippen LogP contribution in [0.2, 0.25) is 0 Å². The minimum atomic E-state index is -0.434. The van der Waals surface area contributed by atoms with Crippen LogP contribution in [0.5, 0.6) is 0 Å². The van der Waals surface area contributed by atoms with Crippen molar-refractivity contribution in [2.75, 3.05) is 5.32 Å². The van der Waals surface area contributed by atoms with Crippen LogP contribution in [0.25, 0.3) is 0 Å². The lowest BCUT2D eigenvalue weighted by Gasteiger charge is -2.11. The van der Waals surface area contributed by atoms with Gasteiger partial charge in [0.15, 0.2) is 5.69 Å². The first kappa shape index (κ1) is 21.0. The molecule has 1 aliphatic rings. The average Bonchev–Trinajstić information content (AvgIpc) is 2.92. The standard InChI is InChI=1S/C22H30N4O3/c1-8-14-9-10-23-15(11-14)25-18(27)16-13(3)29-20(26-16)12(2)24-19(28)17-21(4,5)22(17,6)7/h9-12,17H,8H2,1-7H3,(H,24,28)(H,23,25,27)/t12-/m1/s1. The molecule has 1 atom stereocenters. The fourth-order valence-electron chi connectivity index (χ4n) is 3.96. The van der Waals surface area contributed by atoms with Crippen LogP contribution in [-0.4, -0.2) is 21.8 Å². The summed E-state index contributed by atoms with van der Waals surface area (Å²) < 4.78 is 5.68. The highest BCUT2D eigenvalue weighted by molar-refractivity contribution is 6.03. The molecule has 0 bridgehead atoms. The van der Waals surface area contributed by atoms with E-state index in [1.807, 2.05) is 19.1 Å². The third-order valence-electron chi connectivity index (χ3n) is 6.51. The Hall–Kier alpha value is -2.70. The molecule has 3 rings (SSSR count). The monoisotopic (exact) mass is 398 g/mol. The molecule has 0 spiro atoms. The fraction of sp³-hybridized carbons (Fsp3) is 0.545. The lowest BCUT2D eigenvalue weighted by atomic mass is 10.0. The molecule has 1 fully saturated rings. The van der Waals surface area contributed by atoms with Crippen molar-refractivity contribution in [3.8, 4) is 0 Å². The Balaban J connectivity index is 1.69. The summed E-state index contributed by atoms with van der Waals surface area (Å²) in [5.41, 5.74) is 1.18. The molecule has 7 heteroatoms. The second kappa shape index (κ2) is 7.28. The van der Waals surface area contributed by atoms with Crippen LogP contribution in [0.3, 0.4) is 0 Å². The molecule has 2 heterocycles. The molecule has 2 aromatic heterocycles. The molecule has 2 aromatic rings. The van der Waals surface area contributed by atoms with Crippen molar-refractivity contribution in [2.24, 2.45) is 16.7 Å². The maximum absolute atomic E-state index is 12.7. The number of aromatic nitrogens is 2. The van der Waals surface area contributed by atoms with Crippen molar-refractivity contribution in [1.29, 1.82) is 0 Å². The maximum atomic E-state index is 12.7. The van der Waals surface area contributed by atoms with Crippen molar-refractivity contribution >= 4 is 17.6 Å². The van der Waals surface area contributed by atoms with Crippen LogP contribution in [0, 0.1) is 23.7 Å². The van der Waals surface area contributed by atoms with Gasteiger partial charge in [-0.2, -0.15) is 0 Å². The minimum Gasteiger partial charge on any atom is -0.443 e. The highest BCUT2D eigenvalue weighted by Crippen LogP contribution is 2.68. The summed E-state index contributed by atoms with van der Waals surface area (Å²) in [5, 5.41) is 5.73. The van der Waals surface area contributed by atoms with E-state index in [9.17, 15) is 9.59 Å². The molecule has 7 nitrogen and oxygen atoms in total. The molecule has 1 saturated carbocycles. The summed E-state index contributed by atoms with van der Waals surface area (Å²) in [6.45, 7) is 13.9. The predicted octanol–water partition coefficient (Wildman–Crippen LogP) is 4.05. The van der Waals surface area contributed by atoms with Gasteiger partial charge in [0.25, 0.3) is 5.91 Å². The third kappa shape index (κ3) is 3.78. The smallest absolute Gasteiger partial charge is 0.279 e.